The highest BCUT2D eigenvalue weighted by molar-refractivity contribution is 9.10. The third-order valence-corrected chi connectivity index (χ3v) is 3.81. The van der Waals surface area contributed by atoms with Gasteiger partial charge in [0.2, 0.25) is 5.91 Å². The standard InChI is InChI=1S/C16H18BrN3O/c1-20(10-8-14-7-2-3-9-19-14)15(16(18)21)12-5-4-6-13(17)11-12/h2-7,9,11,15H,8,10H2,1H3,(H2,18,21)/t15-/m0/s1. The van der Waals surface area contributed by atoms with Gasteiger partial charge in [-0.25, -0.2) is 0 Å². The molecule has 21 heavy (non-hydrogen) atoms. The molecular formula is C16H18BrN3O. The number of pyridine rings is 1. The van der Waals surface area contributed by atoms with Crippen molar-refractivity contribution in [2.45, 2.75) is 12.5 Å². The first-order valence-corrected chi connectivity index (χ1v) is 7.52. The highest BCUT2D eigenvalue weighted by atomic mass is 79.9. The number of carbonyl (C=O) groups excluding carboxylic acids is 1. The summed E-state index contributed by atoms with van der Waals surface area (Å²) in [4.78, 5) is 18.1. The van der Waals surface area contributed by atoms with E-state index in [1.165, 1.54) is 0 Å². The van der Waals surface area contributed by atoms with Gasteiger partial charge in [0.25, 0.3) is 0 Å². The van der Waals surface area contributed by atoms with Gasteiger partial charge in [-0.05, 0) is 36.9 Å². The van der Waals surface area contributed by atoms with Gasteiger partial charge in [-0.15, -0.1) is 0 Å². The Bertz CT molecular complexity index is 603. The molecule has 2 rings (SSSR count). The first-order valence-electron chi connectivity index (χ1n) is 6.73. The van der Waals surface area contributed by atoms with Crippen LogP contribution < -0.4 is 5.73 Å². The average molecular weight is 348 g/mol. The van der Waals surface area contributed by atoms with Crippen LogP contribution in [0.3, 0.4) is 0 Å². The second-order valence-corrected chi connectivity index (χ2v) is 5.83. The van der Waals surface area contributed by atoms with Gasteiger partial charge in [0, 0.05) is 29.3 Å². The molecule has 4 nitrogen and oxygen atoms in total. The fourth-order valence-electron chi connectivity index (χ4n) is 2.28. The molecule has 0 spiro atoms. The minimum Gasteiger partial charge on any atom is -0.368 e. The van der Waals surface area contributed by atoms with Gasteiger partial charge >= 0.3 is 0 Å². The minimum absolute atomic E-state index is 0.350. The van der Waals surface area contributed by atoms with Crippen LogP contribution in [0.15, 0.2) is 53.1 Å². The van der Waals surface area contributed by atoms with Crippen molar-refractivity contribution < 1.29 is 4.79 Å². The van der Waals surface area contributed by atoms with Gasteiger partial charge < -0.3 is 5.73 Å². The minimum atomic E-state index is -0.439. The molecule has 0 aliphatic heterocycles. The Hall–Kier alpha value is -1.72. The van der Waals surface area contributed by atoms with Gasteiger partial charge in [0.05, 0.1) is 0 Å². The summed E-state index contributed by atoms with van der Waals surface area (Å²) in [6.07, 6.45) is 2.55. The first-order chi connectivity index (χ1) is 10.1. The monoisotopic (exact) mass is 347 g/mol. The summed E-state index contributed by atoms with van der Waals surface area (Å²) >= 11 is 3.42. The third kappa shape index (κ3) is 4.37. The number of likely N-dealkylation sites (N-methyl/N-ethyl adjacent to an activating group) is 1. The lowest BCUT2D eigenvalue weighted by molar-refractivity contribution is -0.123. The second-order valence-electron chi connectivity index (χ2n) is 4.91. The predicted molar refractivity (Wildman–Crippen MR) is 86.6 cm³/mol. The highest BCUT2D eigenvalue weighted by Crippen LogP contribution is 2.22. The molecule has 0 saturated heterocycles. The lowest BCUT2D eigenvalue weighted by Gasteiger charge is -2.25. The number of benzene rings is 1. The Balaban J connectivity index is 2.09. The Kier molecular flexibility index (Phi) is 5.47. The number of rotatable bonds is 6. The molecule has 0 aliphatic rings. The molecule has 110 valence electrons. The maximum absolute atomic E-state index is 11.8. The van der Waals surface area contributed by atoms with E-state index in [0.717, 1.165) is 22.2 Å². The SMILES string of the molecule is CN(CCc1ccccn1)[C@H](C(N)=O)c1cccc(Br)c1. The number of aromatic nitrogens is 1. The Labute approximate surface area is 133 Å². The summed E-state index contributed by atoms with van der Waals surface area (Å²) in [5, 5.41) is 0. The Morgan fingerprint density at radius 3 is 2.76 bits per heavy atom. The third-order valence-electron chi connectivity index (χ3n) is 3.32. The van der Waals surface area contributed by atoms with Crippen LogP contribution in [0.1, 0.15) is 17.3 Å². The van der Waals surface area contributed by atoms with E-state index < -0.39 is 6.04 Å². The van der Waals surface area contributed by atoms with Crippen LogP contribution in [-0.4, -0.2) is 29.4 Å². The molecule has 2 aromatic rings. The number of carbonyl (C=O) groups is 1. The van der Waals surface area contributed by atoms with Crippen LogP contribution in [-0.2, 0) is 11.2 Å². The second kappa shape index (κ2) is 7.33. The summed E-state index contributed by atoms with van der Waals surface area (Å²) in [5.41, 5.74) is 7.47. The number of primary amides is 1. The van der Waals surface area contributed by atoms with Crippen molar-refractivity contribution in [1.82, 2.24) is 9.88 Å². The van der Waals surface area contributed by atoms with Crippen LogP contribution in [0.4, 0.5) is 0 Å². The number of nitrogens with two attached hydrogens (primary N) is 1. The normalized spacial score (nSPS) is 12.3. The summed E-state index contributed by atoms with van der Waals surface area (Å²) < 4.78 is 0.935. The molecule has 2 N–H and O–H groups in total. The molecule has 1 aromatic carbocycles. The fourth-order valence-corrected chi connectivity index (χ4v) is 2.70. The van der Waals surface area contributed by atoms with Gasteiger partial charge in [-0.1, -0.05) is 34.1 Å². The predicted octanol–water partition coefficient (Wildman–Crippen LogP) is 2.54. The number of halogens is 1. The molecular weight excluding hydrogens is 330 g/mol. The number of amides is 1. The molecule has 1 aromatic heterocycles. The average Bonchev–Trinajstić information content (AvgIpc) is 2.46. The van der Waals surface area contributed by atoms with Gasteiger partial charge in [0.1, 0.15) is 6.04 Å². The van der Waals surface area contributed by atoms with E-state index in [1.54, 1.807) is 6.20 Å². The largest absolute Gasteiger partial charge is 0.368 e. The van der Waals surface area contributed by atoms with Crippen LogP contribution in [0.5, 0.6) is 0 Å². The lowest BCUT2D eigenvalue weighted by atomic mass is 10.0. The molecule has 0 fully saturated rings. The van der Waals surface area contributed by atoms with Gasteiger partial charge in [-0.3, -0.25) is 14.7 Å². The van der Waals surface area contributed by atoms with Crippen molar-refractivity contribution in [3.8, 4) is 0 Å². The van der Waals surface area contributed by atoms with Crippen LogP contribution >= 0.6 is 15.9 Å². The van der Waals surface area contributed by atoms with Crippen molar-refractivity contribution >= 4 is 21.8 Å². The van der Waals surface area contributed by atoms with Crippen LogP contribution in [0.25, 0.3) is 0 Å². The summed E-state index contributed by atoms with van der Waals surface area (Å²) in [6.45, 7) is 0.705. The van der Waals surface area contributed by atoms with E-state index in [0.29, 0.717) is 6.54 Å². The molecule has 0 aliphatic carbocycles. The van der Waals surface area contributed by atoms with Crippen LogP contribution in [0.2, 0.25) is 0 Å². The Morgan fingerprint density at radius 2 is 2.14 bits per heavy atom. The Morgan fingerprint density at radius 1 is 1.33 bits per heavy atom. The molecule has 0 saturated carbocycles. The molecule has 0 radical (unpaired) electrons. The summed E-state index contributed by atoms with van der Waals surface area (Å²) in [5.74, 6) is -0.350. The maximum Gasteiger partial charge on any atom is 0.239 e. The molecule has 1 atom stereocenters. The lowest BCUT2D eigenvalue weighted by Crippen LogP contribution is -2.36. The topological polar surface area (TPSA) is 59.2 Å². The zero-order valence-electron chi connectivity index (χ0n) is 11.9. The van der Waals surface area contributed by atoms with E-state index in [4.69, 9.17) is 5.73 Å². The van der Waals surface area contributed by atoms with Gasteiger partial charge in [-0.2, -0.15) is 0 Å². The van der Waals surface area contributed by atoms with Gasteiger partial charge in [0.15, 0.2) is 0 Å². The van der Waals surface area contributed by atoms with Crippen molar-refractivity contribution in [1.29, 1.82) is 0 Å². The van der Waals surface area contributed by atoms with E-state index in [2.05, 4.69) is 20.9 Å². The molecule has 0 unspecified atom stereocenters. The smallest absolute Gasteiger partial charge is 0.239 e. The zero-order chi connectivity index (χ0) is 15.2. The number of nitrogens with zero attached hydrogens (tertiary/aromatic N) is 2. The van der Waals surface area contributed by atoms with Crippen LogP contribution in [0, 0.1) is 0 Å². The van der Waals surface area contributed by atoms with Crippen molar-refractivity contribution in [2.24, 2.45) is 5.73 Å². The van der Waals surface area contributed by atoms with E-state index >= 15 is 0 Å². The quantitative estimate of drug-likeness (QED) is 0.873. The van der Waals surface area contributed by atoms with E-state index in [-0.39, 0.29) is 5.91 Å². The first kappa shape index (κ1) is 15.7. The number of hydrogen-bond acceptors (Lipinski definition) is 3. The van der Waals surface area contributed by atoms with Crippen molar-refractivity contribution in [3.05, 3.63) is 64.4 Å². The van der Waals surface area contributed by atoms with Crippen molar-refractivity contribution in [2.75, 3.05) is 13.6 Å². The summed E-state index contributed by atoms with van der Waals surface area (Å²) in [6, 6.07) is 13.1. The molecule has 1 heterocycles. The number of hydrogen-bond donors (Lipinski definition) is 1. The van der Waals surface area contributed by atoms with E-state index in [9.17, 15) is 4.79 Å². The maximum atomic E-state index is 11.8. The van der Waals surface area contributed by atoms with Crippen molar-refractivity contribution in [3.63, 3.8) is 0 Å². The fraction of sp³-hybridized carbons (Fsp3) is 0.250. The molecule has 5 heteroatoms. The molecule has 0 bridgehead atoms. The summed E-state index contributed by atoms with van der Waals surface area (Å²) in [7, 11) is 1.90. The van der Waals surface area contributed by atoms with E-state index in [1.807, 2.05) is 54.4 Å². The zero-order valence-corrected chi connectivity index (χ0v) is 13.5. The molecule has 1 amide bonds. The highest BCUT2D eigenvalue weighted by Gasteiger charge is 2.22.